The number of amides is 2. The second-order valence-electron chi connectivity index (χ2n) is 5.52. The van der Waals surface area contributed by atoms with E-state index >= 15 is 0 Å². The number of ether oxygens (including phenoxy) is 1. The Labute approximate surface area is 144 Å². The number of benzene rings is 2. The molecule has 1 aliphatic heterocycles. The lowest BCUT2D eigenvalue weighted by Gasteiger charge is -2.23. The molecule has 0 radical (unpaired) electrons. The fourth-order valence-electron chi connectivity index (χ4n) is 2.29. The molecule has 124 valence electrons. The first-order valence-electron chi connectivity index (χ1n) is 7.67. The number of rotatable bonds is 4. The van der Waals surface area contributed by atoms with Gasteiger partial charge in [0.25, 0.3) is 5.91 Å². The molecular formula is C18H18N2O3S. The second kappa shape index (κ2) is 6.97. The molecule has 0 fully saturated rings. The van der Waals surface area contributed by atoms with Crippen molar-refractivity contribution in [2.24, 2.45) is 0 Å². The molecular weight excluding hydrogens is 324 g/mol. The molecule has 5 nitrogen and oxygen atoms in total. The molecule has 2 N–H and O–H groups in total. The molecule has 2 aromatic carbocycles. The third kappa shape index (κ3) is 3.71. The van der Waals surface area contributed by atoms with Crippen molar-refractivity contribution in [3.63, 3.8) is 0 Å². The van der Waals surface area contributed by atoms with Crippen molar-refractivity contribution in [2.75, 3.05) is 10.6 Å². The third-order valence-corrected chi connectivity index (χ3v) is 4.72. The lowest BCUT2D eigenvalue weighted by Crippen LogP contribution is -2.34. The van der Waals surface area contributed by atoms with Crippen molar-refractivity contribution >= 4 is 35.0 Å². The van der Waals surface area contributed by atoms with E-state index in [2.05, 4.69) is 10.6 Å². The summed E-state index contributed by atoms with van der Waals surface area (Å²) in [6.07, 6.45) is -0.514. The Kier molecular flexibility index (Phi) is 4.76. The van der Waals surface area contributed by atoms with Crippen LogP contribution in [0.25, 0.3) is 0 Å². The molecule has 1 aliphatic rings. The van der Waals surface area contributed by atoms with Gasteiger partial charge in [-0.2, -0.15) is 0 Å². The highest BCUT2D eigenvalue weighted by Gasteiger charge is 2.24. The van der Waals surface area contributed by atoms with Gasteiger partial charge in [0.05, 0.1) is 10.9 Å². The topological polar surface area (TPSA) is 67.4 Å². The van der Waals surface area contributed by atoms with E-state index in [0.29, 0.717) is 17.1 Å². The summed E-state index contributed by atoms with van der Waals surface area (Å²) in [6.45, 7) is 3.55. The standard InChI is InChI=1S/C18H18N2O3S/c1-11-17(21)20-15-10-13(8-9-16(15)23-11)19-18(22)12(2)24-14-6-4-3-5-7-14/h3-12H,1-2H3,(H,19,22)(H,20,21)/t11-,12-/m0/s1. The van der Waals surface area contributed by atoms with Gasteiger partial charge in [-0.3, -0.25) is 9.59 Å². The van der Waals surface area contributed by atoms with Crippen LogP contribution in [-0.2, 0) is 9.59 Å². The molecule has 24 heavy (non-hydrogen) atoms. The maximum Gasteiger partial charge on any atom is 0.265 e. The van der Waals surface area contributed by atoms with Gasteiger partial charge in [0.1, 0.15) is 5.75 Å². The zero-order valence-corrected chi connectivity index (χ0v) is 14.2. The minimum atomic E-state index is -0.514. The van der Waals surface area contributed by atoms with Gasteiger partial charge in [-0.25, -0.2) is 0 Å². The average Bonchev–Trinajstić information content (AvgIpc) is 2.57. The predicted octanol–water partition coefficient (Wildman–Crippen LogP) is 3.53. The Morgan fingerprint density at radius 2 is 2.00 bits per heavy atom. The van der Waals surface area contributed by atoms with Gasteiger partial charge in [0.2, 0.25) is 5.91 Å². The van der Waals surface area contributed by atoms with Crippen LogP contribution >= 0.6 is 11.8 Å². The van der Waals surface area contributed by atoms with E-state index in [1.165, 1.54) is 11.8 Å². The molecule has 2 aromatic rings. The molecule has 0 spiro atoms. The summed E-state index contributed by atoms with van der Waals surface area (Å²) in [7, 11) is 0. The summed E-state index contributed by atoms with van der Waals surface area (Å²) in [6, 6.07) is 15.0. The van der Waals surface area contributed by atoms with Crippen LogP contribution in [0.2, 0.25) is 0 Å². The van der Waals surface area contributed by atoms with Gasteiger partial charge < -0.3 is 15.4 Å². The molecule has 0 aliphatic carbocycles. The minimum Gasteiger partial charge on any atom is -0.479 e. The highest BCUT2D eigenvalue weighted by molar-refractivity contribution is 8.00. The molecule has 1 heterocycles. The number of fused-ring (bicyclic) bond motifs is 1. The summed E-state index contributed by atoms with van der Waals surface area (Å²) in [5.74, 6) is 0.311. The van der Waals surface area contributed by atoms with Gasteiger partial charge in [0.15, 0.2) is 6.10 Å². The summed E-state index contributed by atoms with van der Waals surface area (Å²) < 4.78 is 5.50. The van der Waals surface area contributed by atoms with E-state index < -0.39 is 6.10 Å². The van der Waals surface area contributed by atoms with Gasteiger partial charge in [-0.15, -0.1) is 11.8 Å². The zero-order chi connectivity index (χ0) is 17.1. The van der Waals surface area contributed by atoms with Gasteiger partial charge >= 0.3 is 0 Å². The normalized spacial score (nSPS) is 17.2. The highest BCUT2D eigenvalue weighted by atomic mass is 32.2. The molecule has 0 saturated heterocycles. The van der Waals surface area contributed by atoms with Crippen LogP contribution in [0.3, 0.4) is 0 Å². The first-order chi connectivity index (χ1) is 11.5. The lowest BCUT2D eigenvalue weighted by molar-refractivity contribution is -0.122. The van der Waals surface area contributed by atoms with E-state index in [1.54, 1.807) is 25.1 Å². The minimum absolute atomic E-state index is 0.0970. The maximum absolute atomic E-state index is 12.4. The molecule has 0 bridgehead atoms. The van der Waals surface area contributed by atoms with Crippen LogP contribution in [0, 0.1) is 0 Å². The van der Waals surface area contributed by atoms with E-state index in [9.17, 15) is 9.59 Å². The Bertz CT molecular complexity index is 764. The number of thioether (sulfide) groups is 1. The summed E-state index contributed by atoms with van der Waals surface area (Å²) in [4.78, 5) is 25.1. The number of anilines is 2. The van der Waals surface area contributed by atoms with Crippen LogP contribution in [0.4, 0.5) is 11.4 Å². The molecule has 0 unspecified atom stereocenters. The Morgan fingerprint density at radius 1 is 1.25 bits per heavy atom. The van der Waals surface area contributed by atoms with Gasteiger partial charge in [-0.1, -0.05) is 18.2 Å². The van der Waals surface area contributed by atoms with E-state index in [4.69, 9.17) is 4.74 Å². The Morgan fingerprint density at radius 3 is 2.75 bits per heavy atom. The molecule has 2 amide bonds. The van der Waals surface area contributed by atoms with Crippen molar-refractivity contribution in [3.8, 4) is 5.75 Å². The Hall–Kier alpha value is -2.47. The predicted molar refractivity (Wildman–Crippen MR) is 95.6 cm³/mol. The summed E-state index contributed by atoms with van der Waals surface area (Å²) in [5.41, 5.74) is 1.19. The largest absolute Gasteiger partial charge is 0.479 e. The monoisotopic (exact) mass is 342 g/mol. The zero-order valence-electron chi connectivity index (χ0n) is 13.4. The van der Waals surface area contributed by atoms with E-state index in [-0.39, 0.29) is 17.1 Å². The fraction of sp³-hybridized carbons (Fsp3) is 0.222. The number of hydrogen-bond donors (Lipinski definition) is 2. The first kappa shape index (κ1) is 16.4. The summed E-state index contributed by atoms with van der Waals surface area (Å²) >= 11 is 1.49. The lowest BCUT2D eigenvalue weighted by atomic mass is 10.2. The quantitative estimate of drug-likeness (QED) is 0.834. The van der Waals surface area contributed by atoms with Gasteiger partial charge in [0, 0.05) is 10.6 Å². The highest BCUT2D eigenvalue weighted by Crippen LogP contribution is 2.32. The van der Waals surface area contributed by atoms with Crippen LogP contribution in [0.1, 0.15) is 13.8 Å². The van der Waals surface area contributed by atoms with Crippen molar-refractivity contribution in [1.29, 1.82) is 0 Å². The third-order valence-electron chi connectivity index (χ3n) is 3.60. The van der Waals surface area contributed by atoms with Gasteiger partial charge in [-0.05, 0) is 44.2 Å². The molecule has 0 aromatic heterocycles. The van der Waals surface area contributed by atoms with E-state index in [1.807, 2.05) is 37.3 Å². The van der Waals surface area contributed by atoms with Crippen LogP contribution < -0.4 is 15.4 Å². The molecule has 0 saturated carbocycles. The van der Waals surface area contributed by atoms with Crippen LogP contribution in [0.5, 0.6) is 5.75 Å². The average molecular weight is 342 g/mol. The van der Waals surface area contributed by atoms with E-state index in [0.717, 1.165) is 4.90 Å². The number of hydrogen-bond acceptors (Lipinski definition) is 4. The molecule has 2 atom stereocenters. The maximum atomic E-state index is 12.4. The number of carbonyl (C=O) groups is 2. The van der Waals surface area contributed by atoms with Crippen LogP contribution in [-0.4, -0.2) is 23.2 Å². The van der Waals surface area contributed by atoms with Crippen molar-refractivity contribution < 1.29 is 14.3 Å². The molecule has 6 heteroatoms. The SMILES string of the molecule is C[C@@H]1Oc2ccc(NC(=O)[C@H](C)Sc3ccccc3)cc2NC1=O. The fourth-order valence-corrected chi connectivity index (χ4v) is 3.18. The second-order valence-corrected chi connectivity index (χ2v) is 6.94. The molecule has 3 rings (SSSR count). The first-order valence-corrected chi connectivity index (χ1v) is 8.55. The van der Waals surface area contributed by atoms with Crippen molar-refractivity contribution in [3.05, 3.63) is 48.5 Å². The Balaban J connectivity index is 1.66. The smallest absolute Gasteiger partial charge is 0.265 e. The number of nitrogens with one attached hydrogen (secondary N) is 2. The summed E-state index contributed by atoms with van der Waals surface area (Å²) in [5, 5.41) is 5.40. The number of carbonyl (C=O) groups excluding carboxylic acids is 2. The van der Waals surface area contributed by atoms with Crippen LogP contribution in [0.15, 0.2) is 53.4 Å². The van der Waals surface area contributed by atoms with Crippen molar-refractivity contribution in [1.82, 2.24) is 0 Å². The van der Waals surface area contributed by atoms with Crippen molar-refractivity contribution in [2.45, 2.75) is 30.1 Å².